The summed E-state index contributed by atoms with van der Waals surface area (Å²) in [5.74, 6) is -1.68. The molecule has 0 unspecified atom stereocenters. The number of anilines is 1. The number of nitrogens with zero attached hydrogens (tertiary/aromatic N) is 3. The summed E-state index contributed by atoms with van der Waals surface area (Å²) in [6.45, 7) is 7.84. The van der Waals surface area contributed by atoms with Crippen molar-refractivity contribution in [2.45, 2.75) is 52.1 Å². The molecule has 1 saturated heterocycles. The standard InChI is InChI=1S/C28H30F2N4O/c1-16-4-5-17(2)23(8-16)25-12-24(28(3,29)30)27(33-32-25)31-21-9-18-13-34(14-19(18)10-21)15-20-11-22-6-7-26(20)35-22/h4-8,11-12,18-19,21H,9-10,13-15H2,1-3H3,(H,31,33)/t18-,19+,21+. The van der Waals surface area contributed by atoms with Crippen LogP contribution in [0.3, 0.4) is 0 Å². The third-order valence-electron chi connectivity index (χ3n) is 7.76. The van der Waals surface area contributed by atoms with Crippen molar-refractivity contribution < 1.29 is 13.2 Å². The normalized spacial score (nSPS) is 22.8. The highest BCUT2D eigenvalue weighted by Crippen LogP contribution is 2.42. The van der Waals surface area contributed by atoms with E-state index in [0.29, 0.717) is 17.5 Å². The molecule has 4 heterocycles. The van der Waals surface area contributed by atoms with Gasteiger partial charge in [0, 0.05) is 43.7 Å². The molecule has 0 radical (unpaired) electrons. The number of hydrogen-bond acceptors (Lipinski definition) is 5. The minimum Gasteiger partial charge on any atom is -0.457 e. The number of furan rings is 2. The Morgan fingerprint density at radius 1 is 1.03 bits per heavy atom. The van der Waals surface area contributed by atoms with Crippen molar-refractivity contribution in [2.75, 3.05) is 18.4 Å². The summed E-state index contributed by atoms with van der Waals surface area (Å²) >= 11 is 0. The maximum atomic E-state index is 14.7. The Labute approximate surface area is 203 Å². The average Bonchev–Trinajstić information content (AvgIpc) is 3.57. The first kappa shape index (κ1) is 22.4. The maximum Gasteiger partial charge on any atom is 0.274 e. The van der Waals surface area contributed by atoms with Gasteiger partial charge in [-0.2, -0.15) is 0 Å². The Morgan fingerprint density at radius 3 is 2.46 bits per heavy atom. The van der Waals surface area contributed by atoms with Gasteiger partial charge in [0.1, 0.15) is 11.2 Å². The maximum absolute atomic E-state index is 14.7. The largest absolute Gasteiger partial charge is 0.457 e. The quantitative estimate of drug-likeness (QED) is 0.350. The lowest BCUT2D eigenvalue weighted by Gasteiger charge is -2.22. The zero-order valence-electron chi connectivity index (χ0n) is 20.3. The van der Waals surface area contributed by atoms with E-state index in [0.717, 1.165) is 67.3 Å². The van der Waals surface area contributed by atoms with Crippen molar-refractivity contribution in [3.05, 3.63) is 64.7 Å². The van der Waals surface area contributed by atoms with Crippen LogP contribution in [-0.2, 0) is 12.5 Å². The third kappa shape index (κ3) is 4.27. The fourth-order valence-electron chi connectivity index (χ4n) is 6.02. The average molecular weight is 477 g/mol. The molecule has 2 bridgehead atoms. The number of halogens is 2. The monoisotopic (exact) mass is 476 g/mol. The second-order valence-electron chi connectivity index (χ2n) is 10.6. The molecule has 1 aliphatic carbocycles. The molecule has 7 heteroatoms. The van der Waals surface area contributed by atoms with E-state index in [2.05, 4.69) is 26.5 Å². The number of rotatable bonds is 6. The van der Waals surface area contributed by atoms with Crippen LogP contribution in [0.15, 0.2) is 46.9 Å². The van der Waals surface area contributed by atoms with Crippen LogP contribution in [0.1, 0.15) is 42.0 Å². The van der Waals surface area contributed by atoms with Gasteiger partial charge in [-0.05, 0) is 74.4 Å². The summed E-state index contributed by atoms with van der Waals surface area (Å²) in [7, 11) is 0. The van der Waals surface area contributed by atoms with E-state index in [-0.39, 0.29) is 17.4 Å². The van der Waals surface area contributed by atoms with Crippen molar-refractivity contribution in [3.63, 3.8) is 0 Å². The highest BCUT2D eigenvalue weighted by atomic mass is 19.3. The lowest BCUT2D eigenvalue weighted by molar-refractivity contribution is 0.0178. The number of alkyl halides is 2. The molecule has 5 nitrogen and oxygen atoms in total. The van der Waals surface area contributed by atoms with Gasteiger partial charge in [0.15, 0.2) is 5.82 Å². The first-order valence-corrected chi connectivity index (χ1v) is 12.4. The van der Waals surface area contributed by atoms with Gasteiger partial charge in [-0.3, -0.25) is 4.90 Å². The van der Waals surface area contributed by atoms with Gasteiger partial charge in [0.05, 0.1) is 11.3 Å². The van der Waals surface area contributed by atoms with E-state index in [1.165, 1.54) is 11.6 Å². The molecule has 1 aromatic carbocycles. The van der Waals surface area contributed by atoms with Gasteiger partial charge in [-0.25, -0.2) is 8.78 Å². The summed E-state index contributed by atoms with van der Waals surface area (Å²) in [6.07, 6.45) is 1.92. The molecular weight excluding hydrogens is 446 g/mol. The molecule has 0 amide bonds. The van der Waals surface area contributed by atoms with E-state index in [9.17, 15) is 8.78 Å². The third-order valence-corrected chi connectivity index (χ3v) is 7.76. The van der Waals surface area contributed by atoms with Crippen LogP contribution in [-0.4, -0.2) is 34.2 Å². The van der Waals surface area contributed by atoms with E-state index >= 15 is 0 Å². The van der Waals surface area contributed by atoms with Crippen molar-refractivity contribution in [1.82, 2.24) is 15.1 Å². The number of aryl methyl sites for hydroxylation is 2. The molecule has 2 aliphatic rings. The van der Waals surface area contributed by atoms with Gasteiger partial charge in [0.2, 0.25) is 0 Å². The van der Waals surface area contributed by atoms with Crippen LogP contribution < -0.4 is 5.32 Å². The fraction of sp³-hybridized carbons (Fsp3) is 0.429. The van der Waals surface area contributed by atoms with Gasteiger partial charge in [-0.15, -0.1) is 10.2 Å². The molecule has 3 aromatic heterocycles. The summed E-state index contributed by atoms with van der Waals surface area (Å²) in [5, 5.41) is 12.0. The number of hydrogen-bond donors (Lipinski definition) is 1. The van der Waals surface area contributed by atoms with Crippen molar-refractivity contribution in [3.8, 4) is 11.3 Å². The van der Waals surface area contributed by atoms with Crippen molar-refractivity contribution in [2.24, 2.45) is 11.8 Å². The van der Waals surface area contributed by atoms with Gasteiger partial charge >= 0.3 is 0 Å². The van der Waals surface area contributed by atoms with Crippen LogP contribution in [0.2, 0.25) is 0 Å². The molecule has 1 N–H and O–H groups in total. The van der Waals surface area contributed by atoms with E-state index in [1.54, 1.807) is 0 Å². The number of likely N-dealkylation sites (tertiary alicyclic amines) is 1. The lowest BCUT2D eigenvalue weighted by Crippen LogP contribution is -2.26. The number of fused-ring (bicyclic) bond motifs is 3. The van der Waals surface area contributed by atoms with Crippen LogP contribution in [0.4, 0.5) is 14.6 Å². The number of aromatic nitrogens is 2. The van der Waals surface area contributed by atoms with Gasteiger partial charge in [0.25, 0.3) is 5.92 Å². The SMILES string of the molecule is Cc1ccc(C)c(-c2cc(C(C)(F)F)c(N[C@H]3C[C@@H]4CN(Cc5cc6ccc5o6)C[C@@H]4C3)nn2)c1. The molecular formula is C28H30F2N4O. The Balaban J connectivity index is 1.16. The summed E-state index contributed by atoms with van der Waals surface area (Å²) in [6, 6.07) is 13.8. The predicted molar refractivity (Wildman–Crippen MR) is 133 cm³/mol. The number of benzene rings is 2. The van der Waals surface area contributed by atoms with E-state index < -0.39 is 5.92 Å². The Hall–Kier alpha value is -3.06. The molecule has 4 aromatic rings. The van der Waals surface area contributed by atoms with Crippen LogP contribution >= 0.6 is 0 Å². The predicted octanol–water partition coefficient (Wildman–Crippen LogP) is 6.38. The minimum atomic E-state index is -3.02. The first-order chi connectivity index (χ1) is 16.7. The Morgan fingerprint density at radius 2 is 1.80 bits per heavy atom. The molecule has 182 valence electrons. The van der Waals surface area contributed by atoms with Crippen LogP contribution in [0.5, 0.6) is 0 Å². The number of nitrogens with one attached hydrogen (secondary N) is 1. The van der Waals surface area contributed by atoms with E-state index in [4.69, 9.17) is 4.42 Å². The molecule has 6 rings (SSSR count). The zero-order valence-corrected chi connectivity index (χ0v) is 20.3. The lowest BCUT2D eigenvalue weighted by atomic mass is 10.0. The Kier molecular flexibility index (Phi) is 5.29. The van der Waals surface area contributed by atoms with Gasteiger partial charge in [-0.1, -0.05) is 17.7 Å². The topological polar surface area (TPSA) is 54.2 Å². The molecule has 3 atom stereocenters. The Bertz CT molecular complexity index is 1350. The van der Waals surface area contributed by atoms with Crippen molar-refractivity contribution >= 4 is 17.0 Å². The summed E-state index contributed by atoms with van der Waals surface area (Å²) in [5.41, 5.74) is 6.46. The molecule has 0 spiro atoms. The molecule has 1 saturated carbocycles. The highest BCUT2D eigenvalue weighted by Gasteiger charge is 2.42. The van der Waals surface area contributed by atoms with Gasteiger partial charge < -0.3 is 9.73 Å². The summed E-state index contributed by atoms with van der Waals surface area (Å²) < 4.78 is 35.0. The van der Waals surface area contributed by atoms with Crippen molar-refractivity contribution in [1.29, 1.82) is 0 Å². The van der Waals surface area contributed by atoms with Crippen LogP contribution in [0.25, 0.3) is 22.4 Å². The van der Waals surface area contributed by atoms with E-state index in [1.807, 2.05) is 44.2 Å². The zero-order chi connectivity index (χ0) is 24.3. The first-order valence-electron chi connectivity index (χ1n) is 12.4. The smallest absolute Gasteiger partial charge is 0.274 e. The molecule has 35 heavy (non-hydrogen) atoms. The molecule has 1 aliphatic heterocycles. The second-order valence-corrected chi connectivity index (χ2v) is 10.6. The summed E-state index contributed by atoms with van der Waals surface area (Å²) in [4.78, 5) is 2.49. The van der Waals surface area contributed by atoms with Crippen LogP contribution in [0, 0.1) is 25.7 Å². The fourth-order valence-corrected chi connectivity index (χ4v) is 6.02. The molecule has 2 fully saturated rings. The minimum absolute atomic E-state index is 0.0899. The second kappa shape index (κ2) is 8.26. The highest BCUT2D eigenvalue weighted by molar-refractivity contribution is 5.67.